The number of amides is 1. The van der Waals surface area contributed by atoms with Crippen molar-refractivity contribution in [3.05, 3.63) is 0 Å². The number of carboxylic acids is 1. The van der Waals surface area contributed by atoms with Gasteiger partial charge < -0.3 is 20.5 Å². The topological polar surface area (TPSA) is 87.7 Å². The number of carboxylic acid groups (broad SMARTS) is 1. The molecule has 0 aliphatic heterocycles. The van der Waals surface area contributed by atoms with Gasteiger partial charge in [-0.25, -0.2) is 0 Å². The van der Waals surface area contributed by atoms with E-state index < -0.39 is 12.0 Å². The van der Waals surface area contributed by atoms with Gasteiger partial charge in [0.2, 0.25) is 5.91 Å². The van der Waals surface area contributed by atoms with Crippen molar-refractivity contribution in [1.29, 1.82) is 0 Å². The number of carbonyl (C=O) groups is 2. The van der Waals surface area contributed by atoms with Crippen molar-refractivity contribution in [1.82, 2.24) is 10.6 Å². The molecule has 1 atom stereocenters. The van der Waals surface area contributed by atoms with Crippen LogP contribution in [0.15, 0.2) is 0 Å². The lowest BCUT2D eigenvalue weighted by molar-refractivity contribution is -0.141. The fourth-order valence-corrected chi connectivity index (χ4v) is 1.27. The van der Waals surface area contributed by atoms with E-state index in [1.165, 1.54) is 7.11 Å². The van der Waals surface area contributed by atoms with Crippen LogP contribution in [0, 0.1) is 0 Å². The summed E-state index contributed by atoms with van der Waals surface area (Å²) in [4.78, 5) is 22.0. The smallest absolute Gasteiger partial charge is 0.323 e. The molecular weight excluding hydrogens is 212 g/mol. The highest BCUT2D eigenvalue weighted by atomic mass is 16.5. The van der Waals surface area contributed by atoms with Crippen LogP contribution in [0.1, 0.15) is 19.3 Å². The van der Waals surface area contributed by atoms with Crippen LogP contribution in [0.25, 0.3) is 0 Å². The van der Waals surface area contributed by atoms with Gasteiger partial charge >= 0.3 is 5.97 Å². The summed E-state index contributed by atoms with van der Waals surface area (Å²) in [7, 11) is 1.44. The predicted octanol–water partition coefficient (Wildman–Crippen LogP) is -0.656. The molecule has 0 aromatic carbocycles. The molecule has 0 heterocycles. The Morgan fingerprint density at radius 3 is 2.69 bits per heavy atom. The maximum atomic E-state index is 11.3. The van der Waals surface area contributed by atoms with Crippen LogP contribution in [-0.2, 0) is 14.3 Å². The molecule has 3 N–H and O–H groups in total. The summed E-state index contributed by atoms with van der Waals surface area (Å²) < 4.78 is 4.75. The van der Waals surface area contributed by atoms with Gasteiger partial charge in [0.1, 0.15) is 6.04 Å². The van der Waals surface area contributed by atoms with Crippen molar-refractivity contribution in [3.63, 3.8) is 0 Å². The van der Waals surface area contributed by atoms with E-state index in [0.717, 1.165) is 12.8 Å². The second-order valence-corrected chi connectivity index (χ2v) is 3.89. The highest BCUT2D eigenvalue weighted by molar-refractivity contribution is 5.77. The van der Waals surface area contributed by atoms with Gasteiger partial charge in [0.25, 0.3) is 0 Å². The maximum Gasteiger partial charge on any atom is 0.323 e. The molecule has 1 saturated carbocycles. The van der Waals surface area contributed by atoms with E-state index in [0.29, 0.717) is 19.0 Å². The monoisotopic (exact) mass is 230 g/mol. The SMILES string of the molecule is COCC(NCCC(=O)NC1CC1)C(=O)O. The molecule has 1 fully saturated rings. The highest BCUT2D eigenvalue weighted by Gasteiger charge is 2.23. The van der Waals surface area contributed by atoms with Gasteiger partial charge in [0.15, 0.2) is 0 Å². The standard InChI is InChI=1S/C10H18N2O4/c1-16-6-8(10(14)15)11-5-4-9(13)12-7-2-3-7/h7-8,11H,2-6H2,1H3,(H,12,13)(H,14,15). The van der Waals surface area contributed by atoms with E-state index in [1.807, 2.05) is 0 Å². The molecule has 0 aromatic rings. The average molecular weight is 230 g/mol. The first-order chi connectivity index (χ1) is 7.63. The number of hydrogen-bond donors (Lipinski definition) is 3. The zero-order valence-electron chi connectivity index (χ0n) is 9.36. The lowest BCUT2D eigenvalue weighted by atomic mass is 10.3. The zero-order chi connectivity index (χ0) is 12.0. The number of methoxy groups -OCH3 is 1. The summed E-state index contributed by atoms with van der Waals surface area (Å²) in [5, 5.41) is 14.4. The summed E-state index contributed by atoms with van der Waals surface area (Å²) >= 11 is 0. The fourth-order valence-electron chi connectivity index (χ4n) is 1.27. The van der Waals surface area contributed by atoms with Gasteiger partial charge in [-0.15, -0.1) is 0 Å². The third-order valence-electron chi connectivity index (χ3n) is 2.32. The Bertz CT molecular complexity index is 253. The normalized spacial score (nSPS) is 16.8. The van der Waals surface area contributed by atoms with Gasteiger partial charge in [-0.05, 0) is 12.8 Å². The molecule has 0 saturated heterocycles. The molecule has 1 aliphatic rings. The van der Waals surface area contributed by atoms with E-state index in [2.05, 4.69) is 10.6 Å². The van der Waals surface area contributed by atoms with E-state index in [-0.39, 0.29) is 12.5 Å². The lowest BCUT2D eigenvalue weighted by Gasteiger charge is -2.12. The average Bonchev–Trinajstić information content (AvgIpc) is 3.00. The van der Waals surface area contributed by atoms with Crippen molar-refractivity contribution >= 4 is 11.9 Å². The summed E-state index contributed by atoms with van der Waals surface area (Å²) in [6.45, 7) is 0.443. The predicted molar refractivity (Wildman–Crippen MR) is 57.1 cm³/mol. The first kappa shape index (κ1) is 12.9. The van der Waals surface area contributed by atoms with Crippen LogP contribution in [-0.4, -0.2) is 49.3 Å². The van der Waals surface area contributed by atoms with Crippen LogP contribution in [0.5, 0.6) is 0 Å². The Morgan fingerprint density at radius 1 is 1.50 bits per heavy atom. The number of nitrogens with one attached hydrogen (secondary N) is 2. The second kappa shape index (κ2) is 6.44. The van der Waals surface area contributed by atoms with Crippen LogP contribution < -0.4 is 10.6 Å². The van der Waals surface area contributed by atoms with E-state index in [1.54, 1.807) is 0 Å². The number of carbonyl (C=O) groups excluding carboxylic acids is 1. The molecule has 1 rings (SSSR count). The van der Waals surface area contributed by atoms with Crippen molar-refractivity contribution in [3.8, 4) is 0 Å². The fraction of sp³-hybridized carbons (Fsp3) is 0.800. The summed E-state index contributed by atoms with van der Waals surface area (Å²) in [6.07, 6.45) is 2.41. The minimum atomic E-state index is -0.968. The molecule has 1 unspecified atom stereocenters. The van der Waals surface area contributed by atoms with Gasteiger partial charge in [-0.3, -0.25) is 9.59 Å². The largest absolute Gasteiger partial charge is 0.480 e. The minimum Gasteiger partial charge on any atom is -0.480 e. The van der Waals surface area contributed by atoms with Crippen molar-refractivity contribution in [2.24, 2.45) is 0 Å². The Labute approximate surface area is 94.3 Å². The molecule has 0 aromatic heterocycles. The Hall–Kier alpha value is -1.14. The second-order valence-electron chi connectivity index (χ2n) is 3.89. The van der Waals surface area contributed by atoms with Gasteiger partial charge in [0, 0.05) is 26.1 Å². The Kier molecular flexibility index (Phi) is 5.21. The quantitative estimate of drug-likeness (QED) is 0.515. The molecule has 0 bridgehead atoms. The minimum absolute atomic E-state index is 0.0310. The van der Waals surface area contributed by atoms with Crippen LogP contribution in [0.2, 0.25) is 0 Å². The van der Waals surface area contributed by atoms with Crippen molar-refractivity contribution < 1.29 is 19.4 Å². The van der Waals surface area contributed by atoms with Crippen molar-refractivity contribution in [2.75, 3.05) is 20.3 Å². The molecule has 6 nitrogen and oxygen atoms in total. The molecule has 0 radical (unpaired) electrons. The summed E-state index contributed by atoms with van der Waals surface area (Å²) in [6, 6.07) is -0.402. The first-order valence-corrected chi connectivity index (χ1v) is 5.38. The van der Waals surface area contributed by atoms with E-state index in [9.17, 15) is 9.59 Å². The summed E-state index contributed by atoms with van der Waals surface area (Å²) in [5.74, 6) is -0.999. The van der Waals surface area contributed by atoms with Gasteiger partial charge in [0.05, 0.1) is 6.61 Å². The molecule has 0 spiro atoms. The molecule has 16 heavy (non-hydrogen) atoms. The maximum absolute atomic E-state index is 11.3. The zero-order valence-corrected chi connectivity index (χ0v) is 9.36. The molecule has 92 valence electrons. The first-order valence-electron chi connectivity index (χ1n) is 5.38. The van der Waals surface area contributed by atoms with Gasteiger partial charge in [-0.1, -0.05) is 0 Å². The molecular formula is C10H18N2O4. The number of ether oxygens (including phenoxy) is 1. The third-order valence-corrected chi connectivity index (χ3v) is 2.32. The van der Waals surface area contributed by atoms with Crippen LogP contribution in [0.4, 0.5) is 0 Å². The molecule has 1 amide bonds. The lowest BCUT2D eigenvalue weighted by Crippen LogP contribution is -2.42. The van der Waals surface area contributed by atoms with E-state index >= 15 is 0 Å². The Balaban J connectivity index is 2.10. The number of rotatable bonds is 8. The summed E-state index contributed by atoms with van der Waals surface area (Å²) in [5.41, 5.74) is 0. The number of aliphatic carboxylic acids is 1. The van der Waals surface area contributed by atoms with E-state index in [4.69, 9.17) is 9.84 Å². The van der Waals surface area contributed by atoms with Crippen LogP contribution in [0.3, 0.4) is 0 Å². The van der Waals surface area contributed by atoms with Crippen LogP contribution >= 0.6 is 0 Å². The highest BCUT2D eigenvalue weighted by Crippen LogP contribution is 2.18. The molecule has 6 heteroatoms. The molecule has 1 aliphatic carbocycles. The van der Waals surface area contributed by atoms with Crippen molar-refractivity contribution in [2.45, 2.75) is 31.3 Å². The third kappa shape index (κ3) is 5.09. The number of hydrogen-bond acceptors (Lipinski definition) is 4. The van der Waals surface area contributed by atoms with Gasteiger partial charge in [-0.2, -0.15) is 0 Å². The Morgan fingerprint density at radius 2 is 2.19 bits per heavy atom.